The molecule has 3 heteroatoms. The molecule has 3 rings (SSSR count). The van der Waals surface area contributed by atoms with Crippen molar-refractivity contribution in [2.24, 2.45) is 0 Å². The predicted molar refractivity (Wildman–Crippen MR) is 83.0 cm³/mol. The lowest BCUT2D eigenvalue weighted by Crippen LogP contribution is -2.00. The van der Waals surface area contributed by atoms with E-state index in [9.17, 15) is 0 Å². The molecule has 3 aromatic rings. The lowest BCUT2D eigenvalue weighted by Gasteiger charge is -2.03. The Kier molecular flexibility index (Phi) is 3.57. The Morgan fingerprint density at radius 2 is 1.75 bits per heavy atom. The molecule has 100 valence electrons. The molecular formula is C17H15ClN2. The van der Waals surface area contributed by atoms with Crippen molar-refractivity contribution in [3.8, 4) is 11.1 Å². The van der Waals surface area contributed by atoms with Gasteiger partial charge in [-0.1, -0.05) is 59.6 Å². The van der Waals surface area contributed by atoms with Crippen molar-refractivity contribution in [1.29, 1.82) is 0 Å². The summed E-state index contributed by atoms with van der Waals surface area (Å²) in [4.78, 5) is 0. The van der Waals surface area contributed by atoms with Gasteiger partial charge in [0, 0.05) is 16.8 Å². The van der Waals surface area contributed by atoms with E-state index in [1.807, 2.05) is 41.3 Å². The maximum absolute atomic E-state index is 6.17. The highest BCUT2D eigenvalue weighted by atomic mass is 35.5. The molecule has 0 N–H and O–H groups in total. The largest absolute Gasteiger partial charge is 0.268 e. The number of rotatable bonds is 3. The van der Waals surface area contributed by atoms with Crippen molar-refractivity contribution in [3.05, 3.63) is 77.1 Å². The zero-order valence-electron chi connectivity index (χ0n) is 11.3. The van der Waals surface area contributed by atoms with Crippen LogP contribution in [0.3, 0.4) is 0 Å². The number of halogens is 1. The van der Waals surface area contributed by atoms with Crippen LogP contribution < -0.4 is 0 Å². The van der Waals surface area contributed by atoms with Crippen molar-refractivity contribution in [3.63, 3.8) is 0 Å². The first-order valence-electron chi connectivity index (χ1n) is 6.55. The van der Waals surface area contributed by atoms with Gasteiger partial charge in [-0.15, -0.1) is 0 Å². The quantitative estimate of drug-likeness (QED) is 0.688. The summed E-state index contributed by atoms with van der Waals surface area (Å²) in [5, 5.41) is 5.19. The van der Waals surface area contributed by atoms with E-state index in [0.29, 0.717) is 6.54 Å². The summed E-state index contributed by atoms with van der Waals surface area (Å²) in [5.74, 6) is 0. The van der Waals surface area contributed by atoms with Crippen LogP contribution in [0.4, 0.5) is 0 Å². The number of aryl methyl sites for hydroxylation is 1. The summed E-state index contributed by atoms with van der Waals surface area (Å²) >= 11 is 6.17. The zero-order chi connectivity index (χ0) is 13.9. The van der Waals surface area contributed by atoms with Crippen molar-refractivity contribution in [2.75, 3.05) is 0 Å². The topological polar surface area (TPSA) is 17.8 Å². The number of nitrogens with zero attached hydrogens (tertiary/aromatic N) is 2. The summed E-state index contributed by atoms with van der Waals surface area (Å²) in [6.45, 7) is 2.77. The Morgan fingerprint density at radius 3 is 2.50 bits per heavy atom. The third kappa shape index (κ3) is 2.75. The Morgan fingerprint density at radius 1 is 1.00 bits per heavy atom. The molecule has 2 aromatic carbocycles. The molecule has 0 saturated heterocycles. The van der Waals surface area contributed by atoms with E-state index in [0.717, 1.165) is 16.1 Å². The van der Waals surface area contributed by atoms with Crippen LogP contribution in [-0.4, -0.2) is 9.78 Å². The van der Waals surface area contributed by atoms with Gasteiger partial charge in [0.25, 0.3) is 0 Å². The van der Waals surface area contributed by atoms with Gasteiger partial charge < -0.3 is 0 Å². The molecule has 0 atom stereocenters. The van der Waals surface area contributed by atoms with E-state index in [4.69, 9.17) is 11.6 Å². The van der Waals surface area contributed by atoms with Gasteiger partial charge in [-0.25, -0.2) is 0 Å². The second-order valence-electron chi connectivity index (χ2n) is 4.88. The predicted octanol–water partition coefficient (Wildman–Crippen LogP) is 4.56. The molecule has 0 fully saturated rings. The highest BCUT2D eigenvalue weighted by Gasteiger charge is 2.04. The van der Waals surface area contributed by atoms with E-state index >= 15 is 0 Å². The summed E-state index contributed by atoms with van der Waals surface area (Å²) in [6.07, 6.45) is 3.94. The summed E-state index contributed by atoms with van der Waals surface area (Å²) in [5.41, 5.74) is 4.64. The highest BCUT2D eigenvalue weighted by molar-refractivity contribution is 6.31. The molecular weight excluding hydrogens is 268 g/mol. The van der Waals surface area contributed by atoms with Gasteiger partial charge in [0.05, 0.1) is 12.7 Å². The summed E-state index contributed by atoms with van der Waals surface area (Å²) in [6, 6.07) is 16.3. The molecule has 0 saturated carbocycles. The van der Waals surface area contributed by atoms with Crippen molar-refractivity contribution in [1.82, 2.24) is 9.78 Å². The fourth-order valence-electron chi connectivity index (χ4n) is 2.15. The SMILES string of the molecule is Cc1ccc(-c2cnn(Cc3ccccc3Cl)c2)cc1. The third-order valence-electron chi connectivity index (χ3n) is 3.31. The number of hydrogen-bond donors (Lipinski definition) is 0. The zero-order valence-corrected chi connectivity index (χ0v) is 12.0. The Hall–Kier alpha value is -2.06. The van der Waals surface area contributed by atoms with Gasteiger partial charge >= 0.3 is 0 Å². The Labute approximate surface area is 123 Å². The first-order chi connectivity index (χ1) is 9.72. The first-order valence-corrected chi connectivity index (χ1v) is 6.93. The standard InChI is InChI=1S/C17H15ClN2/c1-13-6-8-14(9-7-13)16-10-19-20(12-16)11-15-4-2-3-5-17(15)18/h2-10,12H,11H2,1H3. The van der Waals surface area contributed by atoms with Crippen LogP contribution in [0.15, 0.2) is 60.9 Å². The molecule has 0 bridgehead atoms. The Bertz CT molecular complexity index is 714. The number of aromatic nitrogens is 2. The van der Waals surface area contributed by atoms with Crippen LogP contribution in [-0.2, 0) is 6.54 Å². The molecule has 0 aliphatic heterocycles. The second-order valence-corrected chi connectivity index (χ2v) is 5.29. The van der Waals surface area contributed by atoms with Gasteiger partial charge in [0.15, 0.2) is 0 Å². The van der Waals surface area contributed by atoms with Crippen LogP contribution >= 0.6 is 11.6 Å². The van der Waals surface area contributed by atoms with Crippen LogP contribution in [0.1, 0.15) is 11.1 Å². The maximum Gasteiger partial charge on any atom is 0.0674 e. The molecule has 0 amide bonds. The molecule has 1 aromatic heterocycles. The van der Waals surface area contributed by atoms with Gasteiger partial charge in [0.1, 0.15) is 0 Å². The van der Waals surface area contributed by atoms with Gasteiger partial charge in [-0.2, -0.15) is 5.10 Å². The molecule has 0 radical (unpaired) electrons. The molecule has 0 unspecified atom stereocenters. The normalized spacial score (nSPS) is 10.7. The van der Waals surface area contributed by atoms with Crippen LogP contribution in [0.2, 0.25) is 5.02 Å². The molecule has 0 spiro atoms. The molecule has 0 aliphatic carbocycles. The van der Waals surface area contributed by atoms with Crippen molar-refractivity contribution < 1.29 is 0 Å². The molecule has 0 aliphatic rings. The van der Waals surface area contributed by atoms with E-state index in [1.54, 1.807) is 0 Å². The van der Waals surface area contributed by atoms with Crippen LogP contribution in [0, 0.1) is 6.92 Å². The number of benzene rings is 2. The van der Waals surface area contributed by atoms with Crippen LogP contribution in [0.5, 0.6) is 0 Å². The van der Waals surface area contributed by atoms with E-state index < -0.39 is 0 Å². The van der Waals surface area contributed by atoms with E-state index in [-0.39, 0.29) is 0 Å². The fraction of sp³-hybridized carbons (Fsp3) is 0.118. The van der Waals surface area contributed by atoms with Crippen LogP contribution in [0.25, 0.3) is 11.1 Å². The Balaban J connectivity index is 1.84. The van der Waals surface area contributed by atoms with Gasteiger partial charge in [0.2, 0.25) is 0 Å². The summed E-state index contributed by atoms with van der Waals surface area (Å²) < 4.78 is 1.91. The molecule has 20 heavy (non-hydrogen) atoms. The minimum absolute atomic E-state index is 0.686. The van der Waals surface area contributed by atoms with Crippen molar-refractivity contribution in [2.45, 2.75) is 13.5 Å². The van der Waals surface area contributed by atoms with Gasteiger partial charge in [-0.3, -0.25) is 4.68 Å². The lowest BCUT2D eigenvalue weighted by molar-refractivity contribution is 0.687. The lowest BCUT2D eigenvalue weighted by atomic mass is 10.1. The second kappa shape index (κ2) is 5.51. The van der Waals surface area contributed by atoms with E-state index in [2.05, 4.69) is 36.3 Å². The average molecular weight is 283 g/mol. The van der Waals surface area contributed by atoms with E-state index in [1.165, 1.54) is 11.1 Å². The van der Waals surface area contributed by atoms with Gasteiger partial charge in [-0.05, 0) is 24.1 Å². The fourth-order valence-corrected chi connectivity index (χ4v) is 2.34. The highest BCUT2D eigenvalue weighted by Crippen LogP contribution is 2.20. The monoisotopic (exact) mass is 282 g/mol. The summed E-state index contributed by atoms with van der Waals surface area (Å²) in [7, 11) is 0. The van der Waals surface area contributed by atoms with Crippen molar-refractivity contribution >= 4 is 11.6 Å². The maximum atomic E-state index is 6.17. The average Bonchev–Trinajstić information content (AvgIpc) is 2.91. The number of hydrogen-bond acceptors (Lipinski definition) is 1. The minimum Gasteiger partial charge on any atom is -0.268 e. The minimum atomic E-state index is 0.686. The molecule has 1 heterocycles. The molecule has 2 nitrogen and oxygen atoms in total. The third-order valence-corrected chi connectivity index (χ3v) is 3.68. The first kappa shape index (κ1) is 12.9. The smallest absolute Gasteiger partial charge is 0.0674 e.